The van der Waals surface area contributed by atoms with Crippen molar-refractivity contribution in [1.29, 1.82) is 5.26 Å². The summed E-state index contributed by atoms with van der Waals surface area (Å²) in [4.78, 5) is 14.7. The van der Waals surface area contributed by atoms with E-state index in [1.54, 1.807) is 24.1 Å². The third-order valence-corrected chi connectivity index (χ3v) is 3.81. The van der Waals surface area contributed by atoms with E-state index in [0.29, 0.717) is 17.0 Å². The van der Waals surface area contributed by atoms with Crippen molar-refractivity contribution >= 4 is 17.4 Å². The highest BCUT2D eigenvalue weighted by atomic mass is 32.1. The smallest absolute Gasteiger partial charge is 0.267 e. The Morgan fingerprint density at radius 3 is 2.90 bits per heavy atom. The summed E-state index contributed by atoms with van der Waals surface area (Å²) in [7, 11) is 1.74. The number of benzene rings is 1. The Morgan fingerprint density at radius 1 is 1.48 bits per heavy atom. The third kappa shape index (κ3) is 3.44. The fraction of sp³-hybridized carbons (Fsp3) is 0.333. The van der Waals surface area contributed by atoms with Gasteiger partial charge in [-0.15, -0.1) is 5.10 Å². The maximum atomic E-state index is 12.5. The summed E-state index contributed by atoms with van der Waals surface area (Å²) >= 11 is 1.13. The molecule has 6 heteroatoms. The Bertz CT molecular complexity index is 687. The molecule has 0 aliphatic rings. The highest BCUT2D eigenvalue weighted by Gasteiger charge is 2.21. The van der Waals surface area contributed by atoms with Gasteiger partial charge in [0.15, 0.2) is 0 Å². The number of hydrogen-bond acceptors (Lipinski definition) is 5. The molecule has 2 aromatic rings. The van der Waals surface area contributed by atoms with Crippen molar-refractivity contribution < 1.29 is 4.79 Å². The van der Waals surface area contributed by atoms with Crippen LogP contribution in [-0.2, 0) is 6.54 Å². The fourth-order valence-corrected chi connectivity index (χ4v) is 2.80. The number of rotatable bonds is 4. The number of carbonyl (C=O) groups excluding carboxylic acids is 1. The van der Waals surface area contributed by atoms with Gasteiger partial charge in [-0.2, -0.15) is 5.26 Å². The molecule has 0 spiro atoms. The molecule has 0 saturated heterocycles. The van der Waals surface area contributed by atoms with Crippen molar-refractivity contribution in [2.24, 2.45) is 0 Å². The summed E-state index contributed by atoms with van der Waals surface area (Å²) in [5, 5.41) is 12.9. The molecule has 0 saturated carbocycles. The number of nitrogens with zero attached hydrogens (tertiary/aromatic N) is 4. The van der Waals surface area contributed by atoms with E-state index in [-0.39, 0.29) is 11.8 Å². The monoisotopic (exact) mass is 300 g/mol. The van der Waals surface area contributed by atoms with Gasteiger partial charge in [0, 0.05) is 13.6 Å². The van der Waals surface area contributed by atoms with E-state index in [4.69, 9.17) is 5.26 Å². The summed E-state index contributed by atoms with van der Waals surface area (Å²) in [5.74, 6) is 0.0778. The zero-order valence-corrected chi connectivity index (χ0v) is 13.0. The van der Waals surface area contributed by atoms with E-state index in [1.165, 1.54) is 0 Å². The molecule has 1 heterocycles. The van der Waals surface area contributed by atoms with E-state index >= 15 is 0 Å². The molecule has 0 N–H and O–H groups in total. The Hall–Kier alpha value is -2.26. The molecule has 1 amide bonds. The van der Waals surface area contributed by atoms with Crippen molar-refractivity contribution in [1.82, 2.24) is 14.5 Å². The molecular weight excluding hydrogens is 284 g/mol. The van der Waals surface area contributed by atoms with Crippen LogP contribution < -0.4 is 0 Å². The highest BCUT2D eigenvalue weighted by Crippen LogP contribution is 2.21. The molecule has 108 valence electrons. The second-order valence-corrected chi connectivity index (χ2v) is 5.87. The standard InChI is InChI=1S/C15H16N4OS/c1-10(2)13-14(21-18-17-13)15(20)19(3)9-12-6-4-5-11(7-12)8-16/h4-7,10H,9H2,1-3H3. The summed E-state index contributed by atoms with van der Waals surface area (Å²) in [6.07, 6.45) is 0. The van der Waals surface area contributed by atoms with E-state index in [9.17, 15) is 4.79 Å². The summed E-state index contributed by atoms with van der Waals surface area (Å²) in [6, 6.07) is 9.36. The van der Waals surface area contributed by atoms with Gasteiger partial charge >= 0.3 is 0 Å². The summed E-state index contributed by atoms with van der Waals surface area (Å²) < 4.78 is 3.88. The van der Waals surface area contributed by atoms with Crippen LogP contribution in [0.15, 0.2) is 24.3 Å². The lowest BCUT2D eigenvalue weighted by molar-refractivity contribution is 0.0788. The van der Waals surface area contributed by atoms with Crippen LogP contribution in [0.1, 0.15) is 46.3 Å². The first-order valence-electron chi connectivity index (χ1n) is 6.59. The van der Waals surface area contributed by atoms with Gasteiger partial charge in [0.25, 0.3) is 5.91 Å². The zero-order chi connectivity index (χ0) is 15.4. The lowest BCUT2D eigenvalue weighted by atomic mass is 10.1. The second-order valence-electron chi connectivity index (χ2n) is 5.12. The molecule has 21 heavy (non-hydrogen) atoms. The van der Waals surface area contributed by atoms with Gasteiger partial charge in [-0.3, -0.25) is 4.79 Å². The summed E-state index contributed by atoms with van der Waals surface area (Å²) in [5.41, 5.74) is 2.26. The van der Waals surface area contributed by atoms with Crippen LogP contribution in [0.3, 0.4) is 0 Å². The average molecular weight is 300 g/mol. The first kappa shape index (κ1) is 15.1. The van der Waals surface area contributed by atoms with Gasteiger partial charge in [-0.05, 0) is 35.1 Å². The molecule has 0 atom stereocenters. The van der Waals surface area contributed by atoms with Crippen LogP contribution in [0.5, 0.6) is 0 Å². The van der Waals surface area contributed by atoms with Crippen LogP contribution in [0, 0.1) is 11.3 Å². The number of carbonyl (C=O) groups is 1. The van der Waals surface area contributed by atoms with Crippen molar-refractivity contribution in [3.05, 3.63) is 46.0 Å². The predicted molar refractivity (Wildman–Crippen MR) is 81.0 cm³/mol. The molecule has 1 aromatic heterocycles. The van der Waals surface area contributed by atoms with E-state index in [2.05, 4.69) is 15.7 Å². The van der Waals surface area contributed by atoms with Crippen molar-refractivity contribution in [2.75, 3.05) is 7.05 Å². The van der Waals surface area contributed by atoms with Crippen molar-refractivity contribution in [3.8, 4) is 6.07 Å². The summed E-state index contributed by atoms with van der Waals surface area (Å²) in [6.45, 7) is 4.43. The SMILES string of the molecule is CC(C)c1nnsc1C(=O)N(C)Cc1cccc(C#N)c1. The van der Waals surface area contributed by atoms with Crippen LogP contribution >= 0.6 is 11.5 Å². The van der Waals surface area contributed by atoms with Gasteiger partial charge in [0.1, 0.15) is 4.88 Å². The molecule has 2 rings (SSSR count). The maximum absolute atomic E-state index is 12.5. The lowest BCUT2D eigenvalue weighted by Gasteiger charge is -2.17. The molecule has 0 unspecified atom stereocenters. The van der Waals surface area contributed by atoms with Gasteiger partial charge in [-0.25, -0.2) is 0 Å². The van der Waals surface area contributed by atoms with Crippen molar-refractivity contribution in [2.45, 2.75) is 26.3 Å². The second kappa shape index (κ2) is 6.46. The van der Waals surface area contributed by atoms with Gasteiger partial charge < -0.3 is 4.90 Å². The Morgan fingerprint density at radius 2 is 2.24 bits per heavy atom. The minimum absolute atomic E-state index is 0.0870. The van der Waals surface area contributed by atoms with Gasteiger partial charge in [-0.1, -0.05) is 30.5 Å². The largest absolute Gasteiger partial charge is 0.337 e. The van der Waals surface area contributed by atoms with E-state index < -0.39 is 0 Å². The molecule has 0 bridgehead atoms. The fourth-order valence-electron chi connectivity index (χ4n) is 1.98. The Labute approximate surface area is 128 Å². The van der Waals surface area contributed by atoms with Crippen LogP contribution in [0.4, 0.5) is 0 Å². The third-order valence-electron chi connectivity index (χ3n) is 3.08. The molecule has 1 aromatic carbocycles. The van der Waals surface area contributed by atoms with E-state index in [1.807, 2.05) is 26.0 Å². The van der Waals surface area contributed by atoms with Crippen LogP contribution in [0.25, 0.3) is 0 Å². The quantitative estimate of drug-likeness (QED) is 0.870. The lowest BCUT2D eigenvalue weighted by Crippen LogP contribution is -2.26. The van der Waals surface area contributed by atoms with Gasteiger partial charge in [0.05, 0.1) is 17.3 Å². The minimum Gasteiger partial charge on any atom is -0.337 e. The van der Waals surface area contributed by atoms with Crippen LogP contribution in [0.2, 0.25) is 0 Å². The zero-order valence-electron chi connectivity index (χ0n) is 12.2. The maximum Gasteiger partial charge on any atom is 0.267 e. The van der Waals surface area contributed by atoms with Gasteiger partial charge in [0.2, 0.25) is 0 Å². The number of aromatic nitrogens is 2. The number of amides is 1. The van der Waals surface area contributed by atoms with Crippen LogP contribution in [-0.4, -0.2) is 27.4 Å². The number of hydrogen-bond donors (Lipinski definition) is 0. The molecule has 0 aliphatic carbocycles. The Kier molecular flexibility index (Phi) is 4.66. The predicted octanol–water partition coefficient (Wildman–Crippen LogP) is 2.81. The average Bonchev–Trinajstić information content (AvgIpc) is 2.96. The normalized spacial score (nSPS) is 10.4. The minimum atomic E-state index is -0.0870. The topological polar surface area (TPSA) is 69.9 Å². The Balaban J connectivity index is 2.16. The number of nitriles is 1. The molecule has 0 radical (unpaired) electrons. The first-order valence-corrected chi connectivity index (χ1v) is 7.37. The molecule has 0 fully saturated rings. The molecular formula is C15H16N4OS. The molecule has 5 nitrogen and oxygen atoms in total. The molecule has 0 aliphatic heterocycles. The van der Waals surface area contributed by atoms with E-state index in [0.717, 1.165) is 22.8 Å². The van der Waals surface area contributed by atoms with Crippen molar-refractivity contribution in [3.63, 3.8) is 0 Å². The highest BCUT2D eigenvalue weighted by molar-refractivity contribution is 7.08. The first-order chi connectivity index (χ1) is 10.0.